The van der Waals surface area contributed by atoms with Gasteiger partial charge in [-0.25, -0.2) is 9.78 Å². The molecule has 0 spiro atoms. The highest BCUT2D eigenvalue weighted by Crippen LogP contribution is 2.29. The smallest absolute Gasteiger partial charge is 0.347 e. The topological polar surface area (TPSA) is 71.9 Å². The van der Waals surface area contributed by atoms with Gasteiger partial charge in [0.05, 0.1) is 18.4 Å². The van der Waals surface area contributed by atoms with Crippen molar-refractivity contribution in [3.05, 3.63) is 10.6 Å². The maximum atomic E-state index is 11.2. The minimum absolute atomic E-state index is 0.191. The molecule has 1 saturated heterocycles. The van der Waals surface area contributed by atoms with Crippen molar-refractivity contribution in [2.75, 3.05) is 32.2 Å². The third-order valence-electron chi connectivity index (χ3n) is 3.14. The number of carbonyl (C=O) groups is 1. The number of ether oxygens (including phenoxy) is 2. The molecule has 6 nitrogen and oxygen atoms in total. The van der Waals surface area contributed by atoms with E-state index in [4.69, 9.17) is 9.47 Å². The summed E-state index contributed by atoms with van der Waals surface area (Å²) in [5.41, 5.74) is 0.495. The number of methoxy groups -OCH3 is 2. The van der Waals surface area contributed by atoms with Gasteiger partial charge in [-0.2, -0.15) is 0 Å². The van der Waals surface area contributed by atoms with Crippen LogP contribution in [0.25, 0.3) is 0 Å². The van der Waals surface area contributed by atoms with Crippen LogP contribution in [-0.4, -0.2) is 49.5 Å². The standard InChI is InChI=1S/C12H18N2O4S/c1-17-7-9-10(11(15)16)19-12(13-9)14-5-3-4-8(6-14)18-2/h8H,3-7H2,1-2H3,(H,15,16). The molecule has 1 aromatic heterocycles. The normalized spacial score (nSPS) is 19.7. The van der Waals surface area contributed by atoms with Gasteiger partial charge in [0.1, 0.15) is 4.88 Å². The first kappa shape index (κ1) is 14.2. The van der Waals surface area contributed by atoms with Crippen LogP contribution in [0.1, 0.15) is 28.2 Å². The molecule has 1 unspecified atom stereocenters. The van der Waals surface area contributed by atoms with Crippen molar-refractivity contribution in [2.45, 2.75) is 25.6 Å². The molecule has 1 aliphatic heterocycles. The largest absolute Gasteiger partial charge is 0.477 e. The summed E-state index contributed by atoms with van der Waals surface area (Å²) in [6.07, 6.45) is 2.26. The maximum absolute atomic E-state index is 11.2. The number of nitrogens with zero attached hydrogens (tertiary/aromatic N) is 2. The number of piperidine rings is 1. The monoisotopic (exact) mass is 286 g/mol. The second-order valence-corrected chi connectivity index (χ2v) is 5.43. The Morgan fingerprint density at radius 2 is 2.37 bits per heavy atom. The van der Waals surface area contributed by atoms with Gasteiger partial charge in [-0.05, 0) is 12.8 Å². The van der Waals surface area contributed by atoms with Crippen LogP contribution >= 0.6 is 11.3 Å². The minimum Gasteiger partial charge on any atom is -0.477 e. The average Bonchev–Trinajstić information content (AvgIpc) is 2.83. The Morgan fingerprint density at radius 3 is 3.00 bits per heavy atom. The van der Waals surface area contributed by atoms with Crippen LogP contribution in [-0.2, 0) is 16.1 Å². The van der Waals surface area contributed by atoms with Gasteiger partial charge in [0, 0.05) is 27.3 Å². The van der Waals surface area contributed by atoms with Crippen LogP contribution in [0, 0.1) is 0 Å². The van der Waals surface area contributed by atoms with E-state index in [0.29, 0.717) is 5.69 Å². The van der Waals surface area contributed by atoms with E-state index in [1.807, 2.05) is 0 Å². The molecule has 7 heteroatoms. The predicted molar refractivity (Wildman–Crippen MR) is 72.0 cm³/mol. The van der Waals surface area contributed by atoms with E-state index in [0.717, 1.165) is 31.1 Å². The summed E-state index contributed by atoms with van der Waals surface area (Å²) in [7, 11) is 3.24. The number of anilines is 1. The SMILES string of the molecule is COCc1nc(N2CCCC(OC)C2)sc1C(=O)O. The van der Waals surface area contributed by atoms with Crippen molar-refractivity contribution in [2.24, 2.45) is 0 Å². The van der Waals surface area contributed by atoms with Crippen LogP contribution in [0.3, 0.4) is 0 Å². The number of rotatable bonds is 5. The van der Waals surface area contributed by atoms with Crippen LogP contribution in [0.15, 0.2) is 0 Å². The molecule has 0 saturated carbocycles. The zero-order valence-corrected chi connectivity index (χ0v) is 11.9. The lowest BCUT2D eigenvalue weighted by atomic mass is 10.1. The first-order valence-electron chi connectivity index (χ1n) is 6.15. The molecule has 0 aliphatic carbocycles. The highest BCUT2D eigenvalue weighted by Gasteiger charge is 2.25. The molecule has 2 heterocycles. The summed E-state index contributed by atoms with van der Waals surface area (Å²) >= 11 is 1.21. The molecule has 106 valence electrons. The first-order chi connectivity index (χ1) is 9.15. The number of aromatic carboxylic acids is 1. The number of carboxylic acid groups (broad SMARTS) is 1. The molecule has 2 rings (SSSR count). The Morgan fingerprint density at radius 1 is 1.58 bits per heavy atom. The summed E-state index contributed by atoms with van der Waals surface area (Å²) in [6.45, 7) is 1.87. The molecule has 0 amide bonds. The Hall–Kier alpha value is -1.18. The van der Waals surface area contributed by atoms with Crippen molar-refractivity contribution in [1.29, 1.82) is 0 Å². The van der Waals surface area contributed by atoms with E-state index in [1.54, 1.807) is 7.11 Å². The van der Waals surface area contributed by atoms with Gasteiger partial charge in [-0.1, -0.05) is 11.3 Å². The van der Waals surface area contributed by atoms with Crippen LogP contribution < -0.4 is 4.90 Å². The fraction of sp³-hybridized carbons (Fsp3) is 0.667. The Kier molecular flexibility index (Phi) is 4.73. The molecular formula is C12H18N2O4S. The minimum atomic E-state index is -0.948. The van der Waals surface area contributed by atoms with Gasteiger partial charge in [-0.3, -0.25) is 0 Å². The van der Waals surface area contributed by atoms with Crippen LogP contribution in [0.5, 0.6) is 0 Å². The third kappa shape index (κ3) is 3.23. The number of aromatic nitrogens is 1. The molecule has 1 fully saturated rings. The number of thiazole rings is 1. The van der Waals surface area contributed by atoms with Crippen LogP contribution in [0.4, 0.5) is 5.13 Å². The summed E-state index contributed by atoms with van der Waals surface area (Å²) in [6, 6.07) is 0. The van der Waals surface area contributed by atoms with E-state index in [-0.39, 0.29) is 17.6 Å². The van der Waals surface area contributed by atoms with Gasteiger partial charge in [0.25, 0.3) is 0 Å². The van der Waals surface area contributed by atoms with Crippen molar-refractivity contribution in [1.82, 2.24) is 4.98 Å². The summed E-state index contributed by atoms with van der Waals surface area (Å²) in [5.74, 6) is -0.948. The van der Waals surface area contributed by atoms with Crippen molar-refractivity contribution < 1.29 is 19.4 Å². The fourth-order valence-corrected chi connectivity index (χ4v) is 3.12. The molecule has 0 bridgehead atoms. The second-order valence-electron chi connectivity index (χ2n) is 4.46. The van der Waals surface area contributed by atoms with Crippen molar-refractivity contribution >= 4 is 22.4 Å². The fourth-order valence-electron chi connectivity index (χ4n) is 2.18. The van der Waals surface area contributed by atoms with Crippen molar-refractivity contribution in [3.63, 3.8) is 0 Å². The Balaban J connectivity index is 2.19. The van der Waals surface area contributed by atoms with Gasteiger partial charge >= 0.3 is 5.97 Å². The molecule has 1 N–H and O–H groups in total. The quantitative estimate of drug-likeness (QED) is 0.886. The van der Waals surface area contributed by atoms with E-state index < -0.39 is 5.97 Å². The molecule has 1 aliphatic rings. The van der Waals surface area contributed by atoms with E-state index in [9.17, 15) is 9.90 Å². The predicted octanol–water partition coefficient (Wildman–Crippen LogP) is 1.60. The zero-order chi connectivity index (χ0) is 13.8. The van der Waals surface area contributed by atoms with Gasteiger partial charge in [0.15, 0.2) is 5.13 Å². The van der Waals surface area contributed by atoms with Gasteiger partial charge < -0.3 is 19.5 Å². The Bertz CT molecular complexity index is 449. The maximum Gasteiger partial charge on any atom is 0.347 e. The second kappa shape index (κ2) is 6.31. The van der Waals surface area contributed by atoms with Crippen molar-refractivity contribution in [3.8, 4) is 0 Å². The lowest BCUT2D eigenvalue weighted by Crippen LogP contribution is -2.39. The lowest BCUT2D eigenvalue weighted by molar-refractivity contribution is 0.0697. The molecule has 1 atom stereocenters. The van der Waals surface area contributed by atoms with Crippen LogP contribution in [0.2, 0.25) is 0 Å². The molecule has 1 aromatic rings. The molecule has 0 radical (unpaired) electrons. The van der Waals surface area contributed by atoms with Gasteiger partial charge in [0.2, 0.25) is 0 Å². The highest BCUT2D eigenvalue weighted by molar-refractivity contribution is 7.17. The van der Waals surface area contributed by atoms with E-state index >= 15 is 0 Å². The lowest BCUT2D eigenvalue weighted by Gasteiger charge is -2.31. The number of carboxylic acids is 1. The van der Waals surface area contributed by atoms with E-state index in [2.05, 4.69) is 9.88 Å². The number of hydrogen-bond acceptors (Lipinski definition) is 6. The summed E-state index contributed by atoms with van der Waals surface area (Å²) < 4.78 is 10.4. The first-order valence-corrected chi connectivity index (χ1v) is 6.97. The molecule has 19 heavy (non-hydrogen) atoms. The molecular weight excluding hydrogens is 268 g/mol. The average molecular weight is 286 g/mol. The third-order valence-corrected chi connectivity index (χ3v) is 4.29. The highest BCUT2D eigenvalue weighted by atomic mass is 32.1. The summed E-state index contributed by atoms with van der Waals surface area (Å²) in [4.78, 5) is 17.9. The van der Waals surface area contributed by atoms with E-state index in [1.165, 1.54) is 18.4 Å². The van der Waals surface area contributed by atoms with Gasteiger partial charge in [-0.15, -0.1) is 0 Å². The molecule has 0 aromatic carbocycles. The zero-order valence-electron chi connectivity index (χ0n) is 11.1. The summed E-state index contributed by atoms with van der Waals surface area (Å²) in [5, 5.41) is 9.92. The Labute approximate surface area is 116 Å². The number of hydrogen-bond donors (Lipinski definition) is 1.